The Kier molecular flexibility index (Phi) is 3.22. The van der Waals surface area contributed by atoms with E-state index in [4.69, 9.17) is 0 Å². The number of benzene rings is 2. The van der Waals surface area contributed by atoms with E-state index in [2.05, 4.69) is 11.9 Å². The highest BCUT2D eigenvalue weighted by Crippen LogP contribution is 2.26. The van der Waals surface area contributed by atoms with Crippen molar-refractivity contribution >= 4 is 10.8 Å². The number of hydrogen-bond donors (Lipinski definition) is 2. The molecule has 2 N–H and O–H groups in total. The van der Waals surface area contributed by atoms with E-state index in [1.807, 2.05) is 36.4 Å². The molecule has 2 aromatic carbocycles. The molecule has 0 atom stereocenters. The quantitative estimate of drug-likeness (QED) is 0.604. The van der Waals surface area contributed by atoms with Crippen LogP contribution in [0.25, 0.3) is 10.8 Å². The summed E-state index contributed by atoms with van der Waals surface area (Å²) in [7, 11) is 0. The zero-order valence-corrected chi connectivity index (χ0v) is 9.11. The molecule has 2 rings (SSSR count). The van der Waals surface area contributed by atoms with E-state index >= 15 is 0 Å². The van der Waals surface area contributed by atoms with Gasteiger partial charge in [-0.1, -0.05) is 36.4 Å². The fourth-order valence-corrected chi connectivity index (χ4v) is 1.81. The number of phenolic OH excluding ortho intramolecular Hbond substituents is 1. The van der Waals surface area contributed by atoms with Crippen molar-refractivity contribution in [3.05, 3.63) is 54.6 Å². The second-order valence-electron chi connectivity index (χ2n) is 3.70. The number of phenols is 1. The van der Waals surface area contributed by atoms with Gasteiger partial charge in [-0.2, -0.15) is 0 Å². The van der Waals surface area contributed by atoms with E-state index in [1.54, 1.807) is 6.07 Å². The van der Waals surface area contributed by atoms with Gasteiger partial charge in [0.2, 0.25) is 0 Å². The Balaban J connectivity index is 2.40. The van der Waals surface area contributed by atoms with E-state index < -0.39 is 0 Å². The lowest BCUT2D eigenvalue weighted by Crippen LogP contribution is -2.12. The van der Waals surface area contributed by atoms with Crippen LogP contribution in [-0.2, 0) is 6.54 Å². The van der Waals surface area contributed by atoms with Crippen molar-refractivity contribution in [1.29, 1.82) is 0 Å². The first-order chi connectivity index (χ1) is 7.83. The Labute approximate surface area is 95.2 Å². The van der Waals surface area contributed by atoms with Gasteiger partial charge in [0.15, 0.2) is 0 Å². The Hall–Kier alpha value is -1.80. The van der Waals surface area contributed by atoms with Gasteiger partial charge in [0.1, 0.15) is 5.75 Å². The van der Waals surface area contributed by atoms with Crippen LogP contribution in [0.4, 0.5) is 0 Å². The third-order valence-corrected chi connectivity index (χ3v) is 2.61. The molecular weight excluding hydrogens is 198 g/mol. The van der Waals surface area contributed by atoms with Crippen LogP contribution >= 0.6 is 0 Å². The zero-order valence-electron chi connectivity index (χ0n) is 9.11. The molecule has 16 heavy (non-hydrogen) atoms. The molecule has 0 aliphatic carbocycles. The summed E-state index contributed by atoms with van der Waals surface area (Å²) in [6.07, 6.45) is 1.81. The molecule has 0 aromatic heterocycles. The van der Waals surface area contributed by atoms with Gasteiger partial charge in [-0.05, 0) is 16.8 Å². The zero-order chi connectivity index (χ0) is 11.4. The summed E-state index contributed by atoms with van der Waals surface area (Å²) in [5.41, 5.74) is 0.944. The maximum absolute atomic E-state index is 9.84. The minimum atomic E-state index is 0.343. The largest absolute Gasteiger partial charge is 0.508 e. The molecule has 0 unspecified atom stereocenters. The summed E-state index contributed by atoms with van der Waals surface area (Å²) in [6.45, 7) is 5.04. The average Bonchev–Trinajstić information content (AvgIpc) is 2.32. The van der Waals surface area contributed by atoms with Gasteiger partial charge in [0.25, 0.3) is 0 Å². The predicted octanol–water partition coefficient (Wildman–Crippen LogP) is 2.82. The van der Waals surface area contributed by atoms with Crippen LogP contribution in [0.15, 0.2) is 49.1 Å². The van der Waals surface area contributed by atoms with Crippen LogP contribution in [-0.4, -0.2) is 11.7 Å². The second-order valence-corrected chi connectivity index (χ2v) is 3.70. The monoisotopic (exact) mass is 213 g/mol. The molecule has 0 aliphatic rings. The molecule has 2 heteroatoms. The summed E-state index contributed by atoms with van der Waals surface area (Å²) in [5.74, 6) is 0.343. The molecule has 0 saturated heterocycles. The molecule has 0 fully saturated rings. The number of nitrogens with one attached hydrogen (secondary N) is 1. The van der Waals surface area contributed by atoms with Crippen molar-refractivity contribution in [3.63, 3.8) is 0 Å². The number of hydrogen-bond acceptors (Lipinski definition) is 2. The van der Waals surface area contributed by atoms with Crippen LogP contribution in [0, 0.1) is 0 Å². The molecule has 0 heterocycles. The third kappa shape index (κ3) is 2.07. The van der Waals surface area contributed by atoms with Crippen LogP contribution < -0.4 is 5.32 Å². The van der Waals surface area contributed by atoms with E-state index in [0.29, 0.717) is 12.3 Å². The van der Waals surface area contributed by atoms with Gasteiger partial charge >= 0.3 is 0 Å². The molecule has 0 bridgehead atoms. The third-order valence-electron chi connectivity index (χ3n) is 2.61. The molecule has 2 aromatic rings. The molecule has 82 valence electrons. The lowest BCUT2D eigenvalue weighted by atomic mass is 10.0. The smallest absolute Gasteiger partial charge is 0.120 e. The van der Waals surface area contributed by atoms with E-state index in [-0.39, 0.29) is 0 Å². The van der Waals surface area contributed by atoms with Crippen LogP contribution in [0.5, 0.6) is 5.75 Å². The summed E-state index contributed by atoms with van der Waals surface area (Å²) < 4.78 is 0. The first-order valence-electron chi connectivity index (χ1n) is 5.34. The normalized spacial score (nSPS) is 10.5. The van der Waals surface area contributed by atoms with Crippen LogP contribution in [0.3, 0.4) is 0 Å². The highest BCUT2D eigenvalue weighted by molar-refractivity contribution is 5.87. The topological polar surface area (TPSA) is 32.3 Å². The molecule has 0 saturated carbocycles. The molecule has 0 amide bonds. The molecule has 0 radical (unpaired) electrons. The van der Waals surface area contributed by atoms with Gasteiger partial charge in [0.05, 0.1) is 0 Å². The van der Waals surface area contributed by atoms with Crippen LogP contribution in [0.2, 0.25) is 0 Å². The fourth-order valence-electron chi connectivity index (χ4n) is 1.81. The number of fused-ring (bicyclic) bond motifs is 1. The molecule has 2 nitrogen and oxygen atoms in total. The minimum Gasteiger partial charge on any atom is -0.508 e. The standard InChI is InChI=1S/C14H15NO/c1-2-9-15-10-13-12-6-4-3-5-11(12)7-8-14(13)16/h2-8,15-16H,1,9-10H2. The van der Waals surface area contributed by atoms with Gasteiger partial charge in [-0.15, -0.1) is 6.58 Å². The van der Waals surface area contributed by atoms with Gasteiger partial charge < -0.3 is 10.4 Å². The number of rotatable bonds is 4. The second kappa shape index (κ2) is 4.81. The molecular formula is C14H15NO. The van der Waals surface area contributed by atoms with Crippen molar-refractivity contribution < 1.29 is 5.11 Å². The summed E-state index contributed by atoms with van der Waals surface area (Å²) in [5, 5.41) is 15.3. The Bertz CT molecular complexity index is 505. The summed E-state index contributed by atoms with van der Waals surface area (Å²) in [6, 6.07) is 11.7. The van der Waals surface area contributed by atoms with Gasteiger partial charge in [-0.25, -0.2) is 0 Å². The number of aromatic hydroxyl groups is 1. The predicted molar refractivity (Wildman–Crippen MR) is 67.5 cm³/mol. The van der Waals surface area contributed by atoms with Crippen LogP contribution in [0.1, 0.15) is 5.56 Å². The Morgan fingerprint density at radius 2 is 2.00 bits per heavy atom. The van der Waals surface area contributed by atoms with Crippen molar-refractivity contribution in [2.75, 3.05) is 6.54 Å². The van der Waals surface area contributed by atoms with Crippen molar-refractivity contribution in [2.45, 2.75) is 6.54 Å². The SMILES string of the molecule is C=CCNCc1c(O)ccc2ccccc12. The summed E-state index contributed by atoms with van der Waals surface area (Å²) >= 11 is 0. The van der Waals surface area contributed by atoms with E-state index in [0.717, 1.165) is 22.9 Å². The lowest BCUT2D eigenvalue weighted by molar-refractivity contribution is 0.467. The lowest BCUT2D eigenvalue weighted by Gasteiger charge is -2.09. The maximum Gasteiger partial charge on any atom is 0.120 e. The average molecular weight is 213 g/mol. The first-order valence-corrected chi connectivity index (χ1v) is 5.34. The van der Waals surface area contributed by atoms with Crippen molar-refractivity contribution in [3.8, 4) is 5.75 Å². The Morgan fingerprint density at radius 1 is 1.19 bits per heavy atom. The van der Waals surface area contributed by atoms with E-state index in [9.17, 15) is 5.11 Å². The molecule has 0 spiro atoms. The minimum absolute atomic E-state index is 0.343. The van der Waals surface area contributed by atoms with Crippen molar-refractivity contribution in [1.82, 2.24) is 5.32 Å². The van der Waals surface area contributed by atoms with E-state index in [1.165, 1.54) is 0 Å². The van der Waals surface area contributed by atoms with Crippen molar-refractivity contribution in [2.24, 2.45) is 0 Å². The maximum atomic E-state index is 9.84. The Morgan fingerprint density at radius 3 is 2.81 bits per heavy atom. The van der Waals surface area contributed by atoms with Gasteiger partial charge in [-0.3, -0.25) is 0 Å². The fraction of sp³-hybridized carbons (Fsp3) is 0.143. The summed E-state index contributed by atoms with van der Waals surface area (Å²) in [4.78, 5) is 0. The first kappa shape index (κ1) is 10.7. The highest BCUT2D eigenvalue weighted by Gasteiger charge is 2.05. The molecule has 0 aliphatic heterocycles. The highest BCUT2D eigenvalue weighted by atomic mass is 16.3. The van der Waals surface area contributed by atoms with Gasteiger partial charge in [0, 0.05) is 18.7 Å².